The molecule has 2 amide bonds. The minimum atomic E-state index is 0.00441. The average molecular weight is 397 g/mol. The van der Waals surface area contributed by atoms with Crippen molar-refractivity contribution in [1.29, 1.82) is 0 Å². The maximum Gasteiger partial charge on any atom is 0.317 e. The highest BCUT2D eigenvalue weighted by atomic mass is 16.4. The molecule has 1 aromatic heterocycles. The van der Waals surface area contributed by atoms with Gasteiger partial charge in [0.25, 0.3) is 0 Å². The van der Waals surface area contributed by atoms with E-state index in [1.54, 1.807) is 6.92 Å². The summed E-state index contributed by atoms with van der Waals surface area (Å²) in [6, 6.07) is 9.03. The molecule has 1 aromatic carbocycles. The highest BCUT2D eigenvalue weighted by molar-refractivity contribution is 5.74. The van der Waals surface area contributed by atoms with Crippen LogP contribution in [0.25, 0.3) is 0 Å². The number of hydrogen-bond donors (Lipinski definition) is 1. The van der Waals surface area contributed by atoms with E-state index >= 15 is 0 Å². The van der Waals surface area contributed by atoms with Gasteiger partial charge in [0.05, 0.1) is 5.92 Å². The molecule has 0 radical (unpaired) electrons. The second-order valence-corrected chi connectivity index (χ2v) is 8.50. The fourth-order valence-corrected chi connectivity index (χ4v) is 4.66. The van der Waals surface area contributed by atoms with Gasteiger partial charge in [-0.2, -0.15) is 0 Å². The second-order valence-electron chi connectivity index (χ2n) is 8.50. The molecule has 1 aliphatic heterocycles. The first-order valence-electron chi connectivity index (χ1n) is 11.1. The molecule has 1 N–H and O–H groups in total. The molecule has 1 saturated heterocycles. The molecule has 1 aliphatic carbocycles. The molecule has 0 bridgehead atoms. The van der Waals surface area contributed by atoms with Gasteiger partial charge < -0.3 is 14.6 Å². The van der Waals surface area contributed by atoms with Crippen LogP contribution >= 0.6 is 0 Å². The molecule has 156 valence electrons. The smallest absolute Gasteiger partial charge is 0.317 e. The third-order valence-electron chi connectivity index (χ3n) is 6.35. The predicted molar refractivity (Wildman–Crippen MR) is 112 cm³/mol. The van der Waals surface area contributed by atoms with Crippen molar-refractivity contribution in [3.8, 4) is 0 Å². The first-order valence-corrected chi connectivity index (χ1v) is 11.1. The SMILES string of the molecule is Cc1nnc(C2CCCN(C(=O)NCCc3ccc(C4CCCCC4)cc3)C2)o1. The minimum Gasteiger partial charge on any atom is -0.425 e. The van der Waals surface area contributed by atoms with Crippen molar-refractivity contribution in [3.05, 3.63) is 47.2 Å². The quantitative estimate of drug-likeness (QED) is 0.804. The van der Waals surface area contributed by atoms with Crippen LogP contribution in [0.4, 0.5) is 4.79 Å². The summed E-state index contributed by atoms with van der Waals surface area (Å²) in [6.07, 6.45) is 9.58. The van der Waals surface area contributed by atoms with E-state index in [1.807, 2.05) is 4.90 Å². The van der Waals surface area contributed by atoms with Gasteiger partial charge in [-0.3, -0.25) is 0 Å². The molecule has 1 atom stereocenters. The summed E-state index contributed by atoms with van der Waals surface area (Å²) in [5.74, 6) is 2.12. The number of carbonyl (C=O) groups is 1. The van der Waals surface area contributed by atoms with Crippen molar-refractivity contribution in [3.63, 3.8) is 0 Å². The van der Waals surface area contributed by atoms with Crippen LogP contribution in [0.3, 0.4) is 0 Å². The summed E-state index contributed by atoms with van der Waals surface area (Å²) >= 11 is 0. The monoisotopic (exact) mass is 396 g/mol. The van der Waals surface area contributed by atoms with Crippen molar-refractivity contribution < 1.29 is 9.21 Å². The summed E-state index contributed by atoms with van der Waals surface area (Å²) in [5, 5.41) is 11.1. The number of nitrogens with one attached hydrogen (secondary N) is 1. The molecule has 6 nitrogen and oxygen atoms in total. The summed E-state index contributed by atoms with van der Waals surface area (Å²) in [7, 11) is 0. The maximum atomic E-state index is 12.6. The molecule has 4 rings (SSSR count). The number of aromatic nitrogens is 2. The summed E-state index contributed by atoms with van der Waals surface area (Å²) in [6.45, 7) is 3.88. The van der Waals surface area contributed by atoms with Gasteiger partial charge in [-0.15, -0.1) is 10.2 Å². The maximum absolute atomic E-state index is 12.6. The Balaban J connectivity index is 1.23. The number of aryl methyl sites for hydroxylation is 1. The second kappa shape index (κ2) is 9.42. The molecule has 1 unspecified atom stereocenters. The topological polar surface area (TPSA) is 71.3 Å². The summed E-state index contributed by atoms with van der Waals surface area (Å²) in [4.78, 5) is 14.5. The van der Waals surface area contributed by atoms with Crippen LogP contribution in [0.2, 0.25) is 0 Å². The molecule has 2 aromatic rings. The lowest BCUT2D eigenvalue weighted by molar-refractivity contribution is 0.174. The Morgan fingerprint density at radius 1 is 1.07 bits per heavy atom. The lowest BCUT2D eigenvalue weighted by Crippen LogP contribution is -2.45. The number of likely N-dealkylation sites (tertiary alicyclic amines) is 1. The van der Waals surface area contributed by atoms with E-state index in [1.165, 1.54) is 43.2 Å². The molecule has 2 fully saturated rings. The normalized spacial score (nSPS) is 20.6. The third kappa shape index (κ3) is 5.17. The van der Waals surface area contributed by atoms with E-state index in [0.717, 1.165) is 31.7 Å². The van der Waals surface area contributed by atoms with Crippen molar-refractivity contribution in [1.82, 2.24) is 20.4 Å². The van der Waals surface area contributed by atoms with Crippen molar-refractivity contribution in [2.45, 2.75) is 70.1 Å². The lowest BCUT2D eigenvalue weighted by atomic mass is 9.84. The molecular formula is C23H32N4O2. The Morgan fingerprint density at radius 2 is 1.83 bits per heavy atom. The third-order valence-corrected chi connectivity index (χ3v) is 6.35. The Labute approximate surface area is 173 Å². The first-order chi connectivity index (χ1) is 14.2. The van der Waals surface area contributed by atoms with Gasteiger partial charge in [0, 0.05) is 26.6 Å². The van der Waals surface area contributed by atoms with E-state index in [0.29, 0.717) is 24.9 Å². The fourth-order valence-electron chi connectivity index (χ4n) is 4.66. The van der Waals surface area contributed by atoms with E-state index in [2.05, 4.69) is 39.8 Å². The van der Waals surface area contributed by atoms with Gasteiger partial charge in [-0.25, -0.2) is 4.79 Å². The Bertz CT molecular complexity index is 795. The molecular weight excluding hydrogens is 364 g/mol. The largest absolute Gasteiger partial charge is 0.425 e. The number of piperidine rings is 1. The van der Waals surface area contributed by atoms with Crippen LogP contribution in [-0.4, -0.2) is 40.8 Å². The number of amides is 2. The van der Waals surface area contributed by atoms with E-state index < -0.39 is 0 Å². The number of nitrogens with zero attached hydrogens (tertiary/aromatic N) is 3. The minimum absolute atomic E-state index is 0.00441. The first kappa shape index (κ1) is 19.9. The average Bonchev–Trinajstić information content (AvgIpc) is 3.21. The van der Waals surface area contributed by atoms with Crippen molar-refractivity contribution >= 4 is 6.03 Å². The van der Waals surface area contributed by atoms with Crippen molar-refractivity contribution in [2.75, 3.05) is 19.6 Å². The van der Waals surface area contributed by atoms with Gasteiger partial charge in [-0.1, -0.05) is 43.5 Å². The highest BCUT2D eigenvalue weighted by Gasteiger charge is 2.28. The van der Waals surface area contributed by atoms with Gasteiger partial charge in [0.2, 0.25) is 11.8 Å². The fraction of sp³-hybridized carbons (Fsp3) is 0.609. The molecule has 1 saturated carbocycles. The number of hydrogen-bond acceptors (Lipinski definition) is 4. The van der Waals surface area contributed by atoms with Crippen LogP contribution in [0.15, 0.2) is 28.7 Å². The zero-order chi connectivity index (χ0) is 20.1. The molecule has 2 heterocycles. The summed E-state index contributed by atoms with van der Waals surface area (Å²) in [5.41, 5.74) is 2.76. The van der Waals surface area contributed by atoms with E-state index in [9.17, 15) is 4.79 Å². The van der Waals surface area contributed by atoms with Crippen LogP contribution in [0, 0.1) is 6.92 Å². The Kier molecular flexibility index (Phi) is 6.47. The standard InChI is InChI=1S/C23H32N4O2/c1-17-25-26-22(29-17)21-8-5-15-27(16-21)23(28)24-14-13-18-9-11-20(12-10-18)19-6-3-2-4-7-19/h9-12,19,21H,2-8,13-16H2,1H3,(H,24,28). The zero-order valence-corrected chi connectivity index (χ0v) is 17.4. The molecule has 6 heteroatoms. The van der Waals surface area contributed by atoms with Crippen LogP contribution in [0.5, 0.6) is 0 Å². The van der Waals surface area contributed by atoms with E-state index in [4.69, 9.17) is 4.42 Å². The van der Waals surface area contributed by atoms with Crippen LogP contribution in [0.1, 0.15) is 79.7 Å². The van der Waals surface area contributed by atoms with Gasteiger partial charge in [0.15, 0.2) is 0 Å². The van der Waals surface area contributed by atoms with Gasteiger partial charge in [0.1, 0.15) is 0 Å². The molecule has 29 heavy (non-hydrogen) atoms. The lowest BCUT2D eigenvalue weighted by Gasteiger charge is -2.31. The van der Waals surface area contributed by atoms with Gasteiger partial charge in [-0.05, 0) is 49.1 Å². The van der Waals surface area contributed by atoms with Crippen LogP contribution < -0.4 is 5.32 Å². The Hall–Kier alpha value is -2.37. The van der Waals surface area contributed by atoms with Crippen LogP contribution in [-0.2, 0) is 6.42 Å². The Morgan fingerprint density at radius 3 is 2.55 bits per heavy atom. The highest BCUT2D eigenvalue weighted by Crippen LogP contribution is 2.32. The number of urea groups is 1. The predicted octanol–water partition coefficient (Wildman–Crippen LogP) is 4.56. The van der Waals surface area contributed by atoms with E-state index in [-0.39, 0.29) is 11.9 Å². The number of rotatable bonds is 5. The van der Waals surface area contributed by atoms with Gasteiger partial charge >= 0.3 is 6.03 Å². The van der Waals surface area contributed by atoms with Crippen molar-refractivity contribution in [2.24, 2.45) is 0 Å². The number of benzene rings is 1. The molecule has 0 spiro atoms. The number of carbonyl (C=O) groups excluding carboxylic acids is 1. The molecule has 2 aliphatic rings. The zero-order valence-electron chi connectivity index (χ0n) is 17.4. The summed E-state index contributed by atoms with van der Waals surface area (Å²) < 4.78 is 5.56.